The summed E-state index contributed by atoms with van der Waals surface area (Å²) in [5.41, 5.74) is 9.97. The van der Waals surface area contributed by atoms with Gasteiger partial charge in [0, 0.05) is 40.5 Å². The summed E-state index contributed by atoms with van der Waals surface area (Å²) in [5, 5.41) is 2.20. The minimum atomic E-state index is 0.868. The predicted octanol–water partition coefficient (Wildman–Crippen LogP) is 7.68. The summed E-state index contributed by atoms with van der Waals surface area (Å²) in [6.45, 7) is 0. The fraction of sp³-hybridized carbons (Fsp3) is 0. The molecule has 8 aromatic rings. The second-order valence-corrected chi connectivity index (χ2v) is 9.48. The van der Waals surface area contributed by atoms with Crippen molar-refractivity contribution in [1.82, 2.24) is 23.8 Å². The lowest BCUT2D eigenvalue weighted by atomic mass is 9.99. The van der Waals surface area contributed by atoms with Crippen LogP contribution in [0.5, 0.6) is 0 Å². The highest BCUT2D eigenvalue weighted by Gasteiger charge is 2.15. The molecule has 0 saturated heterocycles. The van der Waals surface area contributed by atoms with E-state index >= 15 is 0 Å². The number of aromatic nitrogens is 5. The topological polar surface area (TPSA) is 47.5 Å². The van der Waals surface area contributed by atoms with Crippen molar-refractivity contribution < 1.29 is 0 Å². The molecule has 5 nitrogen and oxygen atoms in total. The lowest BCUT2D eigenvalue weighted by Crippen LogP contribution is -1.92. The molecule has 3 aromatic carbocycles. The molecule has 0 N–H and O–H groups in total. The van der Waals surface area contributed by atoms with Crippen molar-refractivity contribution in [1.29, 1.82) is 0 Å². The minimum Gasteiger partial charge on any atom is -0.306 e. The first-order chi connectivity index (χ1) is 18.8. The molecule has 5 heterocycles. The Kier molecular flexibility index (Phi) is 4.45. The molecule has 5 heteroatoms. The molecular formula is C33H21N5. The van der Waals surface area contributed by atoms with E-state index in [4.69, 9.17) is 15.0 Å². The van der Waals surface area contributed by atoms with E-state index in [1.54, 1.807) is 0 Å². The number of hydrogen-bond donors (Lipinski definition) is 0. The maximum atomic E-state index is 5.17. The third-order valence-corrected chi connectivity index (χ3v) is 7.15. The van der Waals surface area contributed by atoms with Gasteiger partial charge in [-0.1, -0.05) is 78.9 Å². The molecule has 0 saturated carbocycles. The molecule has 0 aliphatic heterocycles. The molecule has 0 radical (unpaired) electrons. The Labute approximate surface area is 218 Å². The van der Waals surface area contributed by atoms with Crippen molar-refractivity contribution in [3.8, 4) is 33.6 Å². The van der Waals surface area contributed by atoms with Crippen LogP contribution in [-0.4, -0.2) is 23.8 Å². The van der Waals surface area contributed by atoms with Gasteiger partial charge in [0.1, 0.15) is 16.8 Å². The lowest BCUT2D eigenvalue weighted by Gasteiger charge is -2.10. The third kappa shape index (κ3) is 3.22. The number of nitrogens with zero attached hydrogens (tertiary/aromatic N) is 5. The fourth-order valence-corrected chi connectivity index (χ4v) is 5.31. The van der Waals surface area contributed by atoms with Crippen LogP contribution in [-0.2, 0) is 0 Å². The summed E-state index contributed by atoms with van der Waals surface area (Å²) < 4.78 is 4.16. The van der Waals surface area contributed by atoms with E-state index in [-0.39, 0.29) is 0 Å². The molecular weight excluding hydrogens is 466 g/mol. The maximum Gasteiger partial charge on any atom is 0.165 e. The van der Waals surface area contributed by atoms with Crippen molar-refractivity contribution in [2.24, 2.45) is 0 Å². The Morgan fingerprint density at radius 2 is 1.29 bits per heavy atom. The first kappa shape index (κ1) is 20.9. The summed E-state index contributed by atoms with van der Waals surface area (Å²) in [4.78, 5) is 14.9. The molecule has 38 heavy (non-hydrogen) atoms. The number of rotatable bonds is 3. The van der Waals surface area contributed by atoms with E-state index in [9.17, 15) is 0 Å². The van der Waals surface area contributed by atoms with Crippen molar-refractivity contribution in [3.05, 3.63) is 128 Å². The number of benzene rings is 3. The van der Waals surface area contributed by atoms with Crippen molar-refractivity contribution in [3.63, 3.8) is 0 Å². The zero-order valence-electron chi connectivity index (χ0n) is 20.4. The summed E-state index contributed by atoms with van der Waals surface area (Å²) in [6, 6.07) is 37.5. The van der Waals surface area contributed by atoms with Gasteiger partial charge in [-0.3, -0.25) is 4.40 Å². The second kappa shape index (κ2) is 8.11. The van der Waals surface area contributed by atoms with E-state index in [2.05, 4.69) is 94.0 Å². The first-order valence-corrected chi connectivity index (χ1v) is 12.6. The van der Waals surface area contributed by atoms with Crippen LogP contribution in [0.25, 0.3) is 66.9 Å². The molecule has 5 aromatic heterocycles. The van der Waals surface area contributed by atoms with Crippen LogP contribution in [0.4, 0.5) is 0 Å². The molecule has 0 fully saturated rings. The number of hydrogen-bond acceptors (Lipinski definition) is 3. The van der Waals surface area contributed by atoms with Gasteiger partial charge in [-0.2, -0.15) is 0 Å². The standard InChI is InChI=1S/C33H21N5/c1-2-9-22(10-3-1)28-21-37-20-25(16-17-29(37)34-28)23-11-8-12-24(19-23)31-26-13-4-5-14-27(26)32-33(36-31)38-18-7-6-15-30(38)35-32/h1-21H. The fourth-order valence-electron chi connectivity index (χ4n) is 5.31. The highest BCUT2D eigenvalue weighted by Crippen LogP contribution is 2.34. The molecule has 0 unspecified atom stereocenters. The van der Waals surface area contributed by atoms with Crippen LogP contribution < -0.4 is 0 Å². The Hall–Kier alpha value is -5.29. The Balaban J connectivity index is 1.29. The summed E-state index contributed by atoms with van der Waals surface area (Å²) in [6.07, 6.45) is 6.26. The van der Waals surface area contributed by atoms with E-state index in [1.807, 2.05) is 42.6 Å². The van der Waals surface area contributed by atoms with Gasteiger partial charge < -0.3 is 4.40 Å². The highest BCUT2D eigenvalue weighted by molar-refractivity contribution is 6.09. The zero-order valence-corrected chi connectivity index (χ0v) is 20.4. The van der Waals surface area contributed by atoms with Gasteiger partial charge in [0.25, 0.3) is 0 Å². The van der Waals surface area contributed by atoms with E-state index in [1.165, 1.54) is 0 Å². The zero-order chi connectivity index (χ0) is 25.1. The summed E-state index contributed by atoms with van der Waals surface area (Å²) in [5.74, 6) is 0. The maximum absolute atomic E-state index is 5.17. The van der Waals surface area contributed by atoms with Crippen LogP contribution in [0.2, 0.25) is 0 Å². The van der Waals surface area contributed by atoms with Crippen LogP contribution in [0.1, 0.15) is 0 Å². The molecule has 0 aliphatic carbocycles. The van der Waals surface area contributed by atoms with Gasteiger partial charge in [-0.15, -0.1) is 0 Å². The van der Waals surface area contributed by atoms with E-state index < -0.39 is 0 Å². The molecule has 0 atom stereocenters. The average Bonchev–Trinajstić information content (AvgIpc) is 3.59. The van der Waals surface area contributed by atoms with E-state index in [0.29, 0.717) is 0 Å². The SMILES string of the molecule is c1ccc(-c2cn3cc(-c4cccc(-c5nc6c(nc7ccccn76)c6ccccc56)c4)ccc3n2)cc1. The first-order valence-electron chi connectivity index (χ1n) is 12.6. The molecule has 178 valence electrons. The Morgan fingerprint density at radius 1 is 0.500 bits per heavy atom. The largest absolute Gasteiger partial charge is 0.306 e. The van der Waals surface area contributed by atoms with Crippen molar-refractivity contribution >= 4 is 33.2 Å². The van der Waals surface area contributed by atoms with Crippen LogP contribution in [0.3, 0.4) is 0 Å². The normalized spacial score (nSPS) is 11.7. The van der Waals surface area contributed by atoms with Gasteiger partial charge in [-0.25, -0.2) is 15.0 Å². The van der Waals surface area contributed by atoms with Crippen LogP contribution in [0, 0.1) is 0 Å². The molecule has 0 bridgehead atoms. The van der Waals surface area contributed by atoms with Gasteiger partial charge in [0.2, 0.25) is 0 Å². The molecule has 0 amide bonds. The minimum absolute atomic E-state index is 0.868. The second-order valence-electron chi connectivity index (χ2n) is 9.48. The van der Waals surface area contributed by atoms with Crippen molar-refractivity contribution in [2.75, 3.05) is 0 Å². The monoisotopic (exact) mass is 487 g/mol. The summed E-state index contributed by atoms with van der Waals surface area (Å²) >= 11 is 0. The van der Waals surface area contributed by atoms with Gasteiger partial charge in [0.05, 0.1) is 11.4 Å². The van der Waals surface area contributed by atoms with Gasteiger partial charge in [-0.05, 0) is 41.5 Å². The third-order valence-electron chi connectivity index (χ3n) is 7.15. The Bertz CT molecular complexity index is 2140. The molecule has 8 rings (SSSR count). The summed E-state index contributed by atoms with van der Waals surface area (Å²) in [7, 11) is 0. The van der Waals surface area contributed by atoms with Crippen molar-refractivity contribution in [2.45, 2.75) is 0 Å². The molecule has 0 aliphatic rings. The van der Waals surface area contributed by atoms with E-state index in [0.717, 1.165) is 66.9 Å². The average molecular weight is 488 g/mol. The number of fused-ring (bicyclic) bond motifs is 6. The number of imidazole rings is 2. The Morgan fingerprint density at radius 3 is 2.21 bits per heavy atom. The van der Waals surface area contributed by atoms with Crippen LogP contribution in [0.15, 0.2) is 128 Å². The van der Waals surface area contributed by atoms with Gasteiger partial charge in [0.15, 0.2) is 5.65 Å². The van der Waals surface area contributed by atoms with Gasteiger partial charge >= 0.3 is 0 Å². The highest BCUT2D eigenvalue weighted by atomic mass is 15.1. The predicted molar refractivity (Wildman–Crippen MR) is 153 cm³/mol. The quantitative estimate of drug-likeness (QED) is 0.257. The number of pyridine rings is 3. The lowest BCUT2D eigenvalue weighted by molar-refractivity contribution is 1.19. The molecule has 0 spiro atoms. The smallest absolute Gasteiger partial charge is 0.165 e. The van der Waals surface area contributed by atoms with Crippen LogP contribution >= 0.6 is 0 Å².